The van der Waals surface area contributed by atoms with Crippen LogP contribution in [0.25, 0.3) is 10.9 Å². The summed E-state index contributed by atoms with van der Waals surface area (Å²) in [5, 5.41) is 8.52. The Balaban J connectivity index is 1.45. The summed E-state index contributed by atoms with van der Waals surface area (Å²) in [6.07, 6.45) is 4.60. The van der Waals surface area contributed by atoms with Gasteiger partial charge in [0, 0.05) is 50.4 Å². The molecule has 3 aromatic rings. The largest absolute Gasteiger partial charge is 0.372 e. The quantitative estimate of drug-likeness (QED) is 0.776. The Morgan fingerprint density at radius 1 is 1.32 bits per heavy atom. The van der Waals surface area contributed by atoms with Gasteiger partial charge in [0.2, 0.25) is 0 Å². The van der Waals surface area contributed by atoms with Gasteiger partial charge in [-0.3, -0.25) is 9.67 Å². The molecule has 0 aliphatic carbocycles. The van der Waals surface area contributed by atoms with Crippen LogP contribution in [0.5, 0.6) is 0 Å². The molecule has 4 rings (SSSR count). The van der Waals surface area contributed by atoms with Gasteiger partial charge in [-0.05, 0) is 36.2 Å². The number of aromatic nitrogens is 3. The summed E-state index contributed by atoms with van der Waals surface area (Å²) in [6.45, 7) is 2.15. The zero-order valence-corrected chi connectivity index (χ0v) is 14.2. The fourth-order valence-corrected chi connectivity index (χ4v) is 3.59. The van der Waals surface area contributed by atoms with Gasteiger partial charge in [0.15, 0.2) is 0 Å². The molecule has 0 radical (unpaired) electrons. The van der Waals surface area contributed by atoms with E-state index in [1.807, 2.05) is 29.9 Å². The van der Waals surface area contributed by atoms with Crippen LogP contribution in [0.3, 0.4) is 0 Å². The van der Waals surface area contributed by atoms with E-state index in [0.29, 0.717) is 12.5 Å². The molecule has 1 saturated heterocycles. The number of hydrogen-bond acceptors (Lipinski definition) is 4. The van der Waals surface area contributed by atoms with Crippen molar-refractivity contribution in [3.63, 3.8) is 0 Å². The molecule has 3 heterocycles. The molecule has 0 saturated carbocycles. The summed E-state index contributed by atoms with van der Waals surface area (Å²) >= 11 is 0. The number of hydrogen-bond donors (Lipinski definition) is 1. The van der Waals surface area contributed by atoms with E-state index >= 15 is 0 Å². The second-order valence-corrected chi connectivity index (χ2v) is 6.49. The molecule has 0 spiro atoms. The highest BCUT2D eigenvalue weighted by molar-refractivity contribution is 5.81. The average Bonchev–Trinajstić information content (AvgIpc) is 3.23. The fourth-order valence-electron chi connectivity index (χ4n) is 3.59. The third-order valence-electron chi connectivity index (χ3n) is 4.84. The topological polar surface area (TPSA) is 52.0 Å². The van der Waals surface area contributed by atoms with Crippen LogP contribution in [0.1, 0.15) is 23.8 Å². The number of rotatable bonds is 5. The Bertz CT molecular complexity index is 879. The highest BCUT2D eigenvalue weighted by Crippen LogP contribution is 2.33. The van der Waals surface area contributed by atoms with Gasteiger partial charge in [0.05, 0.1) is 11.2 Å². The molecule has 2 aromatic heterocycles. The zero-order valence-electron chi connectivity index (χ0n) is 14.2. The van der Waals surface area contributed by atoms with Crippen LogP contribution < -0.4 is 5.32 Å². The number of fused-ring (bicyclic) bond motifs is 1. The normalized spacial score (nSPS) is 20.4. The standard InChI is InChI=1S/C19H21FN4O/c1-24-17(4-7-23-24)19-14(5-8-25-19)11-21-12-15-10-16(20)9-13-3-2-6-22-18(13)15/h2-4,6-7,9-10,14,19,21H,5,8,11-12H2,1H3/t14-,19+/m0/s1. The monoisotopic (exact) mass is 340 g/mol. The maximum atomic E-state index is 13.8. The van der Waals surface area contributed by atoms with Gasteiger partial charge in [-0.1, -0.05) is 6.07 Å². The van der Waals surface area contributed by atoms with E-state index in [-0.39, 0.29) is 11.9 Å². The number of ether oxygens (including phenoxy) is 1. The Morgan fingerprint density at radius 2 is 2.24 bits per heavy atom. The van der Waals surface area contributed by atoms with Crippen molar-refractivity contribution in [2.45, 2.75) is 19.1 Å². The molecular formula is C19H21FN4O. The molecule has 6 heteroatoms. The first kappa shape index (κ1) is 16.2. The minimum atomic E-state index is -0.228. The Morgan fingerprint density at radius 3 is 3.08 bits per heavy atom. The molecular weight excluding hydrogens is 319 g/mol. The van der Waals surface area contributed by atoms with Crippen LogP contribution in [-0.4, -0.2) is 27.9 Å². The summed E-state index contributed by atoms with van der Waals surface area (Å²) in [7, 11) is 1.94. The third kappa shape index (κ3) is 3.27. The van der Waals surface area contributed by atoms with Crippen LogP contribution in [0.15, 0.2) is 42.7 Å². The van der Waals surface area contributed by atoms with Crippen molar-refractivity contribution in [3.05, 3.63) is 59.8 Å². The second kappa shape index (κ2) is 6.90. The van der Waals surface area contributed by atoms with Crippen molar-refractivity contribution in [3.8, 4) is 0 Å². The number of aryl methyl sites for hydroxylation is 1. The summed E-state index contributed by atoms with van der Waals surface area (Å²) < 4.78 is 21.6. The highest BCUT2D eigenvalue weighted by atomic mass is 19.1. The van der Waals surface area contributed by atoms with E-state index < -0.39 is 0 Å². The van der Waals surface area contributed by atoms with Gasteiger partial charge in [-0.15, -0.1) is 0 Å². The van der Waals surface area contributed by atoms with Crippen LogP contribution in [0, 0.1) is 11.7 Å². The van der Waals surface area contributed by atoms with E-state index in [1.54, 1.807) is 18.5 Å². The zero-order chi connectivity index (χ0) is 17.2. The predicted octanol–water partition coefficient (Wildman–Crippen LogP) is 2.97. The minimum absolute atomic E-state index is 0.0578. The predicted molar refractivity (Wildman–Crippen MR) is 93.4 cm³/mol. The SMILES string of the molecule is Cn1nccc1[C@@H]1OCC[C@H]1CNCc1cc(F)cc2cccnc12. The summed E-state index contributed by atoms with van der Waals surface area (Å²) in [4.78, 5) is 4.40. The molecule has 1 N–H and O–H groups in total. The van der Waals surface area contributed by atoms with Crippen LogP contribution in [0.2, 0.25) is 0 Å². The molecule has 2 atom stereocenters. The maximum Gasteiger partial charge on any atom is 0.124 e. The summed E-state index contributed by atoms with van der Waals surface area (Å²) in [5.41, 5.74) is 2.83. The average molecular weight is 340 g/mol. The van der Waals surface area contributed by atoms with E-state index in [1.165, 1.54) is 6.07 Å². The Labute approximate surface area is 145 Å². The van der Waals surface area contributed by atoms with Gasteiger partial charge >= 0.3 is 0 Å². The van der Waals surface area contributed by atoms with Gasteiger partial charge in [-0.2, -0.15) is 5.10 Å². The fraction of sp³-hybridized carbons (Fsp3) is 0.368. The molecule has 1 fully saturated rings. The number of nitrogens with one attached hydrogen (secondary N) is 1. The van der Waals surface area contributed by atoms with Gasteiger partial charge in [0.25, 0.3) is 0 Å². The molecule has 130 valence electrons. The lowest BCUT2D eigenvalue weighted by molar-refractivity contribution is 0.0838. The van der Waals surface area contributed by atoms with E-state index in [4.69, 9.17) is 4.74 Å². The number of benzene rings is 1. The number of pyridine rings is 1. The first-order valence-corrected chi connectivity index (χ1v) is 8.56. The van der Waals surface area contributed by atoms with Gasteiger partial charge in [-0.25, -0.2) is 4.39 Å². The van der Waals surface area contributed by atoms with Crippen molar-refractivity contribution >= 4 is 10.9 Å². The lowest BCUT2D eigenvalue weighted by Crippen LogP contribution is -2.25. The second-order valence-electron chi connectivity index (χ2n) is 6.49. The molecule has 1 aliphatic heterocycles. The first-order valence-electron chi connectivity index (χ1n) is 8.56. The molecule has 0 bridgehead atoms. The number of halogens is 1. The Kier molecular flexibility index (Phi) is 4.46. The van der Waals surface area contributed by atoms with Crippen molar-refractivity contribution in [2.75, 3.05) is 13.2 Å². The third-order valence-corrected chi connectivity index (χ3v) is 4.84. The van der Waals surface area contributed by atoms with Crippen molar-refractivity contribution in [2.24, 2.45) is 13.0 Å². The van der Waals surface area contributed by atoms with Crippen LogP contribution >= 0.6 is 0 Å². The molecule has 1 aliphatic rings. The highest BCUT2D eigenvalue weighted by Gasteiger charge is 2.31. The van der Waals surface area contributed by atoms with Crippen LogP contribution in [-0.2, 0) is 18.3 Å². The first-order chi connectivity index (χ1) is 12.2. The summed E-state index contributed by atoms with van der Waals surface area (Å²) in [6, 6.07) is 8.81. The Hall–Kier alpha value is -2.31. The number of nitrogens with zero attached hydrogens (tertiary/aromatic N) is 3. The minimum Gasteiger partial charge on any atom is -0.372 e. The molecule has 0 amide bonds. The van der Waals surface area contributed by atoms with E-state index in [9.17, 15) is 4.39 Å². The maximum absolute atomic E-state index is 13.8. The molecule has 0 unspecified atom stereocenters. The lowest BCUT2D eigenvalue weighted by atomic mass is 9.98. The summed E-state index contributed by atoms with van der Waals surface area (Å²) in [5.74, 6) is 0.150. The lowest BCUT2D eigenvalue weighted by Gasteiger charge is -2.19. The van der Waals surface area contributed by atoms with E-state index in [0.717, 1.165) is 41.7 Å². The van der Waals surface area contributed by atoms with Crippen molar-refractivity contribution in [1.82, 2.24) is 20.1 Å². The molecule has 25 heavy (non-hydrogen) atoms. The van der Waals surface area contributed by atoms with Gasteiger partial charge < -0.3 is 10.1 Å². The smallest absolute Gasteiger partial charge is 0.124 e. The molecule has 1 aromatic carbocycles. The van der Waals surface area contributed by atoms with Crippen molar-refractivity contribution in [1.29, 1.82) is 0 Å². The van der Waals surface area contributed by atoms with E-state index in [2.05, 4.69) is 15.4 Å². The van der Waals surface area contributed by atoms with Gasteiger partial charge in [0.1, 0.15) is 11.9 Å². The molecule has 5 nitrogen and oxygen atoms in total. The van der Waals surface area contributed by atoms with Crippen LogP contribution in [0.4, 0.5) is 4.39 Å². The van der Waals surface area contributed by atoms with Crippen molar-refractivity contribution < 1.29 is 9.13 Å².